The molecular weight excluding hydrogens is 418 g/mol. The van der Waals surface area contributed by atoms with E-state index in [0.29, 0.717) is 17.0 Å². The Balaban J connectivity index is 2.07. The number of methoxy groups -OCH3 is 1. The molecule has 0 fully saturated rings. The molecule has 3 rings (SSSR count). The van der Waals surface area contributed by atoms with E-state index in [2.05, 4.69) is 5.32 Å². The molecule has 0 saturated carbocycles. The molecule has 0 aliphatic carbocycles. The van der Waals surface area contributed by atoms with Crippen LogP contribution in [0.25, 0.3) is 5.57 Å². The minimum absolute atomic E-state index is 0.109. The van der Waals surface area contributed by atoms with Crippen molar-refractivity contribution in [1.82, 2.24) is 0 Å². The minimum atomic E-state index is -0.968. The van der Waals surface area contributed by atoms with E-state index in [9.17, 15) is 13.6 Å². The van der Waals surface area contributed by atoms with Crippen LogP contribution in [0.1, 0.15) is 17.2 Å². The number of ketones is 1. The molecule has 0 bridgehead atoms. The third-order valence-electron chi connectivity index (χ3n) is 4.68. The van der Waals surface area contributed by atoms with Crippen molar-refractivity contribution in [3.8, 4) is 5.75 Å². The molecule has 0 radical (unpaired) electrons. The molecule has 7 heteroatoms. The van der Waals surface area contributed by atoms with Gasteiger partial charge in [-0.2, -0.15) is 0 Å². The van der Waals surface area contributed by atoms with Gasteiger partial charge < -0.3 is 15.8 Å². The van der Waals surface area contributed by atoms with Gasteiger partial charge in [0.15, 0.2) is 0 Å². The van der Waals surface area contributed by atoms with Crippen molar-refractivity contribution in [2.24, 2.45) is 5.73 Å². The summed E-state index contributed by atoms with van der Waals surface area (Å²) >= 11 is 5.03. The summed E-state index contributed by atoms with van der Waals surface area (Å²) in [6, 6.07) is 17.4. The van der Waals surface area contributed by atoms with Crippen molar-refractivity contribution in [2.45, 2.75) is 6.04 Å². The van der Waals surface area contributed by atoms with Gasteiger partial charge in [0.25, 0.3) is 0 Å². The van der Waals surface area contributed by atoms with Crippen LogP contribution in [0.15, 0.2) is 78.5 Å². The van der Waals surface area contributed by atoms with E-state index in [-0.39, 0.29) is 16.8 Å². The smallest absolute Gasteiger partial charge is 0.205 e. The van der Waals surface area contributed by atoms with Gasteiger partial charge in [0, 0.05) is 28.3 Å². The molecule has 3 aromatic carbocycles. The fourth-order valence-corrected chi connectivity index (χ4v) is 3.33. The van der Waals surface area contributed by atoms with Crippen LogP contribution in [0.2, 0.25) is 0 Å². The van der Waals surface area contributed by atoms with E-state index in [4.69, 9.17) is 22.7 Å². The molecule has 0 spiro atoms. The van der Waals surface area contributed by atoms with Crippen LogP contribution < -0.4 is 15.8 Å². The van der Waals surface area contributed by atoms with Crippen molar-refractivity contribution in [1.29, 1.82) is 0 Å². The van der Waals surface area contributed by atoms with Crippen molar-refractivity contribution >= 4 is 34.6 Å². The number of nitrogens with two attached hydrogens (primary N) is 1. The lowest BCUT2D eigenvalue weighted by Crippen LogP contribution is -2.27. The number of Topliss-reactive ketones (excluding diaryl/α,β-unsaturated/α-hetero) is 1. The van der Waals surface area contributed by atoms with Crippen LogP contribution in [-0.2, 0) is 4.79 Å². The Morgan fingerprint density at radius 3 is 2.42 bits per heavy atom. The van der Waals surface area contributed by atoms with Gasteiger partial charge in [-0.05, 0) is 35.9 Å². The Hall–Kier alpha value is -3.58. The van der Waals surface area contributed by atoms with E-state index in [0.717, 1.165) is 0 Å². The summed E-state index contributed by atoms with van der Waals surface area (Å²) in [7, 11) is 1.53. The number of thiocarbonyl (C=S) groups is 1. The first-order valence-corrected chi connectivity index (χ1v) is 9.82. The van der Waals surface area contributed by atoms with Crippen LogP contribution in [-0.4, -0.2) is 18.3 Å². The fraction of sp³-hybridized carbons (Fsp3) is 0.0833. The van der Waals surface area contributed by atoms with E-state index in [1.54, 1.807) is 30.3 Å². The molecule has 0 heterocycles. The summed E-state index contributed by atoms with van der Waals surface area (Å²) in [5.41, 5.74) is 7.28. The summed E-state index contributed by atoms with van der Waals surface area (Å²) in [6.07, 6.45) is 0. The minimum Gasteiger partial charge on any atom is -0.497 e. The number of nitrogens with one attached hydrogen (secondary N) is 1. The zero-order chi connectivity index (χ0) is 22.4. The fourth-order valence-electron chi connectivity index (χ4n) is 3.07. The van der Waals surface area contributed by atoms with Gasteiger partial charge in [-0.3, -0.25) is 4.79 Å². The van der Waals surface area contributed by atoms with Crippen molar-refractivity contribution < 1.29 is 18.3 Å². The van der Waals surface area contributed by atoms with Crippen molar-refractivity contribution in [3.05, 3.63) is 101 Å². The predicted octanol–water partition coefficient (Wildman–Crippen LogP) is 5.07. The molecular formula is C24H20F2N2O2S. The number of hydrogen-bond donors (Lipinski definition) is 2. The monoisotopic (exact) mass is 438 g/mol. The predicted molar refractivity (Wildman–Crippen MR) is 122 cm³/mol. The van der Waals surface area contributed by atoms with Gasteiger partial charge in [0.1, 0.15) is 23.4 Å². The molecule has 1 unspecified atom stereocenters. The lowest BCUT2D eigenvalue weighted by molar-refractivity contribution is -0.116. The zero-order valence-corrected chi connectivity index (χ0v) is 17.5. The van der Waals surface area contributed by atoms with Crippen LogP contribution in [0.4, 0.5) is 14.5 Å². The van der Waals surface area contributed by atoms with Crippen LogP contribution >= 0.6 is 12.2 Å². The topological polar surface area (TPSA) is 64.3 Å². The Bertz CT molecular complexity index is 1130. The number of halogens is 2. The standard InChI is InChI=1S/C24H20F2N2O2S/c1-30-18-6-4-5-17(13-18)28-23(15-9-11-16(25)12-10-15)24(29)22(27)20(14-31)19-7-2-3-8-21(19)26/h2-14,23,28H,27H2,1H3. The number of anilines is 1. The second-order valence-electron chi connectivity index (χ2n) is 6.65. The van der Waals surface area contributed by atoms with Crippen LogP contribution in [0.5, 0.6) is 5.75 Å². The van der Waals surface area contributed by atoms with Crippen molar-refractivity contribution in [3.63, 3.8) is 0 Å². The third-order valence-corrected chi connectivity index (χ3v) is 4.92. The zero-order valence-electron chi connectivity index (χ0n) is 16.6. The van der Waals surface area contributed by atoms with Crippen LogP contribution in [0, 0.1) is 11.6 Å². The normalized spacial score (nSPS) is 12.5. The quantitative estimate of drug-likeness (QED) is 0.380. The van der Waals surface area contributed by atoms with Gasteiger partial charge in [-0.25, -0.2) is 8.78 Å². The highest BCUT2D eigenvalue weighted by molar-refractivity contribution is 7.79. The number of carbonyl (C=O) groups excluding carboxylic acids is 1. The first-order valence-electron chi connectivity index (χ1n) is 9.34. The lowest BCUT2D eigenvalue weighted by atomic mass is 9.95. The highest BCUT2D eigenvalue weighted by Gasteiger charge is 2.25. The number of allylic oxidation sites excluding steroid dienone is 1. The molecule has 0 amide bonds. The number of carbonyl (C=O) groups is 1. The summed E-state index contributed by atoms with van der Waals surface area (Å²) in [6.45, 7) is 0. The Kier molecular flexibility index (Phi) is 7.10. The van der Waals surface area contributed by atoms with E-state index in [1.807, 2.05) is 0 Å². The first-order chi connectivity index (χ1) is 14.9. The van der Waals surface area contributed by atoms with Gasteiger partial charge in [0.2, 0.25) is 5.78 Å². The van der Waals surface area contributed by atoms with Crippen LogP contribution in [0.3, 0.4) is 0 Å². The Morgan fingerprint density at radius 1 is 1.06 bits per heavy atom. The van der Waals surface area contributed by atoms with E-state index in [1.165, 1.54) is 54.9 Å². The van der Waals surface area contributed by atoms with E-state index < -0.39 is 23.5 Å². The Labute approximate surface area is 184 Å². The molecule has 1 atom stereocenters. The average Bonchev–Trinajstić information content (AvgIpc) is 2.79. The summed E-state index contributed by atoms with van der Waals surface area (Å²) in [5.74, 6) is -0.933. The molecule has 0 aliphatic rings. The second kappa shape index (κ2) is 9.95. The molecule has 0 aromatic heterocycles. The molecule has 4 nitrogen and oxygen atoms in total. The van der Waals surface area contributed by atoms with Gasteiger partial charge in [0.05, 0.1) is 12.8 Å². The molecule has 0 aliphatic heterocycles. The first kappa shape index (κ1) is 22.1. The lowest BCUT2D eigenvalue weighted by Gasteiger charge is -2.21. The third kappa shape index (κ3) is 5.13. The summed E-state index contributed by atoms with van der Waals surface area (Å²) < 4.78 is 33.0. The Morgan fingerprint density at radius 2 is 1.77 bits per heavy atom. The van der Waals surface area contributed by atoms with Gasteiger partial charge >= 0.3 is 0 Å². The molecule has 0 saturated heterocycles. The molecule has 158 valence electrons. The van der Waals surface area contributed by atoms with Gasteiger partial charge in [-0.1, -0.05) is 48.6 Å². The van der Waals surface area contributed by atoms with Gasteiger partial charge in [-0.15, -0.1) is 0 Å². The molecule has 3 aromatic rings. The maximum atomic E-state index is 14.3. The summed E-state index contributed by atoms with van der Waals surface area (Å²) in [5, 5.41) is 4.29. The van der Waals surface area contributed by atoms with E-state index >= 15 is 0 Å². The number of rotatable bonds is 8. The SMILES string of the molecule is COc1cccc(NC(C(=O)C(N)=C(C=S)c2ccccc2F)c2ccc(F)cc2)c1. The average molecular weight is 438 g/mol. The molecule has 3 N–H and O–H groups in total. The largest absolute Gasteiger partial charge is 0.497 e. The number of ether oxygens (including phenoxy) is 1. The highest BCUT2D eigenvalue weighted by atomic mass is 32.1. The number of hydrogen-bond acceptors (Lipinski definition) is 5. The number of benzene rings is 3. The molecule has 31 heavy (non-hydrogen) atoms. The summed E-state index contributed by atoms with van der Waals surface area (Å²) in [4.78, 5) is 13.4. The van der Waals surface area contributed by atoms with Crippen molar-refractivity contribution in [2.75, 3.05) is 12.4 Å². The maximum Gasteiger partial charge on any atom is 0.205 e. The highest BCUT2D eigenvalue weighted by Crippen LogP contribution is 2.28. The maximum absolute atomic E-state index is 14.3. The second-order valence-corrected chi connectivity index (χ2v) is 6.89.